The third-order valence-corrected chi connectivity index (χ3v) is 6.57. The Bertz CT molecular complexity index is 1170. The van der Waals surface area contributed by atoms with Crippen LogP contribution in [0.25, 0.3) is 11.3 Å². The number of aromatic nitrogens is 3. The predicted molar refractivity (Wildman–Crippen MR) is 124 cm³/mol. The molecule has 3 aromatic rings. The summed E-state index contributed by atoms with van der Waals surface area (Å²) in [6.45, 7) is 2.00. The quantitative estimate of drug-likeness (QED) is 0.244. The highest BCUT2D eigenvalue weighted by molar-refractivity contribution is 14.1. The Morgan fingerprint density at radius 2 is 2.17 bits per heavy atom. The molecule has 0 aliphatic carbocycles. The van der Waals surface area contributed by atoms with Crippen LogP contribution in [-0.2, 0) is 0 Å². The van der Waals surface area contributed by atoms with Gasteiger partial charge in [-0.05, 0) is 63.4 Å². The van der Waals surface area contributed by atoms with Gasteiger partial charge in [0.2, 0.25) is 5.16 Å². The van der Waals surface area contributed by atoms with Crippen LogP contribution in [0.2, 0.25) is 0 Å². The van der Waals surface area contributed by atoms with Gasteiger partial charge < -0.3 is 15.2 Å². The number of rotatable bonds is 4. The number of phenolic OH excluding ortho intramolecular Hbond substituents is 1. The first-order valence-corrected chi connectivity index (χ1v) is 11.6. The number of fused-ring (bicyclic) bond motifs is 3. The van der Waals surface area contributed by atoms with E-state index in [-0.39, 0.29) is 11.3 Å². The lowest BCUT2D eigenvalue weighted by molar-refractivity contribution is -0.759. The number of hydrogen-bond acceptors (Lipinski definition) is 6. The maximum atomic E-state index is 13.0. The number of aromatic hydroxyl groups is 1. The number of phenols is 1. The van der Waals surface area contributed by atoms with Crippen LogP contribution < -0.4 is 20.3 Å². The summed E-state index contributed by atoms with van der Waals surface area (Å²) in [6, 6.07) is 9.35. The maximum absolute atomic E-state index is 13.0. The van der Waals surface area contributed by atoms with E-state index in [9.17, 15) is 9.90 Å². The zero-order valence-corrected chi connectivity index (χ0v) is 20.1. The SMILES string of the molecule is CCSc1n[n+]2c(c(=O)[nH]1)-c1cc(Br)ccc1N[C@H]2c1cc(I)c(O)c(OC)c1. The summed E-state index contributed by atoms with van der Waals surface area (Å²) >= 11 is 7.01. The van der Waals surface area contributed by atoms with Crippen LogP contribution in [0.15, 0.2) is 44.8 Å². The number of benzene rings is 2. The molecule has 3 N–H and O–H groups in total. The molecule has 29 heavy (non-hydrogen) atoms. The molecule has 1 aliphatic heterocycles. The average molecular weight is 588 g/mol. The number of aromatic amines is 1. The molecule has 4 rings (SSSR count). The maximum Gasteiger partial charge on any atom is 0.325 e. The summed E-state index contributed by atoms with van der Waals surface area (Å²) < 4.78 is 8.55. The van der Waals surface area contributed by atoms with Gasteiger partial charge in [-0.2, -0.15) is 0 Å². The molecule has 0 spiro atoms. The summed E-state index contributed by atoms with van der Waals surface area (Å²) in [5, 5.41) is 18.9. The molecule has 2 aromatic carbocycles. The van der Waals surface area contributed by atoms with E-state index in [1.807, 2.05) is 31.2 Å². The number of nitrogens with zero attached hydrogens (tertiary/aromatic N) is 2. The average Bonchev–Trinajstić information content (AvgIpc) is 2.69. The second-order valence-corrected chi connectivity index (χ2v) is 9.61. The first-order chi connectivity index (χ1) is 13.9. The molecule has 0 bridgehead atoms. The topological polar surface area (TPSA) is 91.1 Å². The fourth-order valence-electron chi connectivity index (χ4n) is 3.25. The molecule has 1 atom stereocenters. The van der Waals surface area contributed by atoms with Crippen molar-refractivity contribution in [1.29, 1.82) is 0 Å². The highest BCUT2D eigenvalue weighted by Gasteiger charge is 2.38. The van der Waals surface area contributed by atoms with Gasteiger partial charge >= 0.3 is 11.3 Å². The summed E-state index contributed by atoms with van der Waals surface area (Å²) in [6.07, 6.45) is -0.444. The first kappa shape index (κ1) is 20.5. The van der Waals surface area contributed by atoms with Crippen molar-refractivity contribution >= 4 is 56.0 Å². The first-order valence-electron chi connectivity index (χ1n) is 8.74. The van der Waals surface area contributed by atoms with Gasteiger partial charge in [-0.3, -0.25) is 9.78 Å². The molecule has 1 aliphatic rings. The lowest BCUT2D eigenvalue weighted by Crippen LogP contribution is -2.55. The van der Waals surface area contributed by atoms with E-state index in [4.69, 9.17) is 9.84 Å². The standard InChI is InChI=1S/C19H16BrIN4O3S/c1-3-29-19-23-18(27)15-11-8-10(20)4-5-13(11)22-17(25(15)24-19)9-6-12(21)16(26)14(7-9)28-2/h4-8,17H,3H2,1-2H3,(H2,23,24,26,27)/p+1/t17-/m1/s1. The van der Waals surface area contributed by atoms with Crippen LogP contribution >= 0.6 is 50.3 Å². The van der Waals surface area contributed by atoms with Crippen LogP contribution in [0.5, 0.6) is 11.5 Å². The minimum Gasteiger partial charge on any atom is -0.504 e. The Morgan fingerprint density at radius 1 is 1.38 bits per heavy atom. The normalized spacial score (nSPS) is 14.7. The van der Waals surface area contributed by atoms with Crippen molar-refractivity contribution in [2.24, 2.45) is 0 Å². The number of thioether (sulfide) groups is 1. The number of anilines is 1. The zero-order valence-electron chi connectivity index (χ0n) is 15.5. The largest absolute Gasteiger partial charge is 0.504 e. The van der Waals surface area contributed by atoms with Crippen molar-refractivity contribution < 1.29 is 14.5 Å². The molecule has 7 nitrogen and oxygen atoms in total. The summed E-state index contributed by atoms with van der Waals surface area (Å²) in [7, 11) is 1.51. The molecular weight excluding hydrogens is 571 g/mol. The van der Waals surface area contributed by atoms with Gasteiger partial charge in [-0.15, -0.1) is 0 Å². The van der Waals surface area contributed by atoms with Gasteiger partial charge in [0, 0.05) is 15.1 Å². The minimum absolute atomic E-state index is 0.0864. The van der Waals surface area contributed by atoms with Gasteiger partial charge in [0.05, 0.1) is 21.9 Å². The van der Waals surface area contributed by atoms with Crippen LogP contribution in [0.4, 0.5) is 5.69 Å². The van der Waals surface area contributed by atoms with Crippen molar-refractivity contribution in [3.05, 3.63) is 54.3 Å². The Kier molecular flexibility index (Phi) is 5.76. The Morgan fingerprint density at radius 3 is 2.90 bits per heavy atom. The van der Waals surface area contributed by atoms with Gasteiger partial charge in [0.15, 0.2) is 11.5 Å². The van der Waals surface area contributed by atoms with Crippen LogP contribution in [0, 0.1) is 3.57 Å². The number of nitrogens with one attached hydrogen (secondary N) is 2. The van der Waals surface area contributed by atoms with Crippen molar-refractivity contribution in [2.75, 3.05) is 18.2 Å². The van der Waals surface area contributed by atoms with E-state index < -0.39 is 6.17 Å². The van der Waals surface area contributed by atoms with E-state index in [1.54, 1.807) is 10.7 Å². The fourth-order valence-corrected chi connectivity index (χ4v) is 4.82. The number of hydrogen-bond donors (Lipinski definition) is 3. The smallest absolute Gasteiger partial charge is 0.325 e. The Hall–Kier alpha value is -1.79. The summed E-state index contributed by atoms with van der Waals surface area (Å²) in [5.74, 6) is 1.24. The molecule has 0 fully saturated rings. The highest BCUT2D eigenvalue weighted by Crippen LogP contribution is 2.38. The third-order valence-electron chi connectivity index (χ3n) is 4.50. The third kappa shape index (κ3) is 3.73. The molecule has 10 heteroatoms. The molecule has 0 radical (unpaired) electrons. The second-order valence-electron chi connectivity index (χ2n) is 6.28. The molecule has 0 saturated carbocycles. The van der Waals surface area contributed by atoms with Crippen molar-refractivity contribution in [3.63, 3.8) is 0 Å². The second kappa shape index (κ2) is 8.15. The molecule has 0 saturated heterocycles. The molecule has 2 heterocycles. The Balaban J connectivity index is 1.98. The predicted octanol–water partition coefficient (Wildman–Crippen LogP) is 3.89. The van der Waals surface area contributed by atoms with Crippen molar-refractivity contribution in [1.82, 2.24) is 10.1 Å². The fraction of sp³-hybridized carbons (Fsp3) is 0.211. The summed E-state index contributed by atoms with van der Waals surface area (Å²) in [5.41, 5.74) is 2.66. The molecule has 0 unspecified atom stereocenters. The summed E-state index contributed by atoms with van der Waals surface area (Å²) in [4.78, 5) is 15.9. The van der Waals surface area contributed by atoms with E-state index in [0.717, 1.165) is 27.0 Å². The van der Waals surface area contributed by atoms with Crippen molar-refractivity contribution in [2.45, 2.75) is 18.2 Å². The monoisotopic (exact) mass is 587 g/mol. The number of H-pyrrole nitrogens is 1. The van der Waals surface area contributed by atoms with E-state index in [0.29, 0.717) is 20.2 Å². The molecule has 0 amide bonds. The van der Waals surface area contributed by atoms with Crippen LogP contribution in [0.1, 0.15) is 18.7 Å². The van der Waals surface area contributed by atoms with Gasteiger partial charge in [-0.25, -0.2) is 0 Å². The molecular formula is C19H17BrIN4O3S+. The van der Waals surface area contributed by atoms with E-state index in [1.165, 1.54) is 18.9 Å². The Labute approximate surface area is 193 Å². The lowest BCUT2D eigenvalue weighted by atomic mass is 10.0. The number of ether oxygens (including phenoxy) is 1. The number of halogens is 2. The minimum atomic E-state index is -0.444. The lowest BCUT2D eigenvalue weighted by Gasteiger charge is -2.23. The van der Waals surface area contributed by atoms with Crippen LogP contribution in [-0.4, -0.2) is 28.1 Å². The van der Waals surface area contributed by atoms with Crippen LogP contribution in [0.3, 0.4) is 0 Å². The van der Waals surface area contributed by atoms with E-state index in [2.05, 4.69) is 48.8 Å². The van der Waals surface area contributed by atoms with E-state index >= 15 is 0 Å². The van der Waals surface area contributed by atoms with Gasteiger partial charge in [0.1, 0.15) is 0 Å². The molecule has 150 valence electrons. The highest BCUT2D eigenvalue weighted by atomic mass is 127. The van der Waals surface area contributed by atoms with Gasteiger partial charge in [0.25, 0.3) is 6.17 Å². The zero-order chi connectivity index (χ0) is 20.7. The number of methoxy groups -OCH3 is 1. The van der Waals surface area contributed by atoms with Crippen molar-refractivity contribution in [3.8, 4) is 22.8 Å². The molecule has 1 aromatic heterocycles. The van der Waals surface area contributed by atoms with Gasteiger partial charge in [-0.1, -0.05) is 34.6 Å².